The van der Waals surface area contributed by atoms with Crippen LogP contribution >= 0.6 is 0 Å². The Balaban J connectivity index is 1.63. The molecule has 2 unspecified atom stereocenters. The fraction of sp³-hybridized carbons (Fsp3) is 0.667. The Kier molecular flexibility index (Phi) is 8.28. The van der Waals surface area contributed by atoms with Crippen molar-refractivity contribution in [2.24, 2.45) is 5.92 Å². The van der Waals surface area contributed by atoms with Crippen LogP contribution in [0.4, 0.5) is 8.78 Å². The monoisotopic (exact) mass is 470 g/mol. The lowest BCUT2D eigenvalue weighted by molar-refractivity contribution is -0.271. The fourth-order valence-electron chi connectivity index (χ4n) is 4.81. The van der Waals surface area contributed by atoms with Crippen LogP contribution in [0.5, 0.6) is 5.75 Å². The van der Waals surface area contributed by atoms with Gasteiger partial charge in [-0.15, -0.1) is 0 Å². The summed E-state index contributed by atoms with van der Waals surface area (Å²) in [5, 5.41) is 19.2. The summed E-state index contributed by atoms with van der Waals surface area (Å²) in [6, 6.07) is 5.40. The molecule has 7 nitrogen and oxygen atoms in total. The summed E-state index contributed by atoms with van der Waals surface area (Å²) in [4.78, 5) is 23.7. The van der Waals surface area contributed by atoms with Crippen LogP contribution in [0.15, 0.2) is 24.3 Å². The van der Waals surface area contributed by atoms with Crippen molar-refractivity contribution in [1.29, 1.82) is 0 Å². The van der Waals surface area contributed by atoms with Crippen LogP contribution in [0.2, 0.25) is 0 Å². The van der Waals surface area contributed by atoms with Crippen LogP contribution < -0.4 is 4.74 Å². The third kappa shape index (κ3) is 6.20. The molecule has 2 aliphatic carbocycles. The highest BCUT2D eigenvalue weighted by molar-refractivity contribution is 5.90. The number of ether oxygens (including phenoxy) is 3. The SMILES string of the molecule is CCC1(OC(O)Oc2ccc(C(=O)OC(C3CCCCC3)C(F)(F)C(=O)O)cc2)CCCC1. The van der Waals surface area contributed by atoms with E-state index in [4.69, 9.17) is 19.3 Å². The number of carboxylic acid groups (broad SMARTS) is 1. The molecule has 0 amide bonds. The minimum absolute atomic E-state index is 0.0272. The predicted molar refractivity (Wildman–Crippen MR) is 114 cm³/mol. The number of hydrogen-bond acceptors (Lipinski definition) is 6. The van der Waals surface area contributed by atoms with Gasteiger partial charge < -0.3 is 24.4 Å². The molecule has 1 aromatic carbocycles. The van der Waals surface area contributed by atoms with E-state index in [0.717, 1.165) is 38.5 Å². The van der Waals surface area contributed by atoms with Gasteiger partial charge in [0.2, 0.25) is 0 Å². The molecule has 0 radical (unpaired) electrons. The van der Waals surface area contributed by atoms with Gasteiger partial charge in [-0.1, -0.05) is 39.0 Å². The zero-order valence-electron chi connectivity index (χ0n) is 18.8. The van der Waals surface area contributed by atoms with E-state index in [1.165, 1.54) is 24.3 Å². The van der Waals surface area contributed by atoms with Gasteiger partial charge in [0.1, 0.15) is 5.75 Å². The molecule has 0 spiro atoms. The molecule has 2 fully saturated rings. The Morgan fingerprint density at radius 2 is 1.70 bits per heavy atom. The first-order chi connectivity index (χ1) is 15.7. The lowest BCUT2D eigenvalue weighted by Crippen LogP contribution is -2.48. The average molecular weight is 471 g/mol. The average Bonchev–Trinajstić information content (AvgIpc) is 3.26. The second kappa shape index (κ2) is 10.8. The number of aliphatic hydroxyl groups excluding tert-OH is 1. The van der Waals surface area contributed by atoms with Crippen molar-refractivity contribution in [2.45, 2.75) is 95.2 Å². The molecule has 3 rings (SSSR count). The number of halogens is 2. The first kappa shape index (κ1) is 25.4. The first-order valence-corrected chi connectivity index (χ1v) is 11.6. The second-order valence-electron chi connectivity index (χ2n) is 8.96. The van der Waals surface area contributed by atoms with Crippen LogP contribution in [0.3, 0.4) is 0 Å². The van der Waals surface area contributed by atoms with E-state index in [1.54, 1.807) is 0 Å². The zero-order chi connectivity index (χ0) is 24.1. The minimum atomic E-state index is -4.18. The maximum atomic E-state index is 14.4. The maximum Gasteiger partial charge on any atom is 0.378 e. The van der Waals surface area contributed by atoms with Gasteiger partial charge in [0.05, 0.1) is 11.2 Å². The zero-order valence-corrected chi connectivity index (χ0v) is 18.8. The molecule has 33 heavy (non-hydrogen) atoms. The fourth-order valence-corrected chi connectivity index (χ4v) is 4.81. The molecule has 0 aliphatic heterocycles. The normalized spacial score (nSPS) is 20.7. The molecular weight excluding hydrogens is 438 g/mol. The van der Waals surface area contributed by atoms with Crippen molar-refractivity contribution in [3.63, 3.8) is 0 Å². The molecule has 0 aromatic heterocycles. The number of benzene rings is 1. The highest BCUT2D eigenvalue weighted by Crippen LogP contribution is 2.38. The number of carboxylic acids is 1. The highest BCUT2D eigenvalue weighted by atomic mass is 19.3. The quantitative estimate of drug-likeness (QED) is 0.370. The summed E-state index contributed by atoms with van der Waals surface area (Å²) in [5.41, 5.74) is -0.437. The van der Waals surface area contributed by atoms with Crippen LogP contribution in [0.25, 0.3) is 0 Å². The van der Waals surface area contributed by atoms with Gasteiger partial charge in [0, 0.05) is 5.92 Å². The third-order valence-electron chi connectivity index (χ3n) is 6.79. The van der Waals surface area contributed by atoms with E-state index >= 15 is 0 Å². The van der Waals surface area contributed by atoms with Crippen LogP contribution in [-0.2, 0) is 14.3 Å². The second-order valence-corrected chi connectivity index (χ2v) is 8.96. The molecule has 2 N–H and O–H groups in total. The molecule has 2 aliphatic rings. The number of rotatable bonds is 10. The predicted octanol–water partition coefficient (Wildman–Crippen LogP) is 4.91. The van der Waals surface area contributed by atoms with Gasteiger partial charge in [0.25, 0.3) is 0 Å². The van der Waals surface area contributed by atoms with Crippen LogP contribution in [0, 0.1) is 5.92 Å². The Morgan fingerprint density at radius 3 is 2.24 bits per heavy atom. The molecule has 1 aromatic rings. The summed E-state index contributed by atoms with van der Waals surface area (Å²) in [6.07, 6.45) is 5.47. The van der Waals surface area contributed by atoms with Crippen molar-refractivity contribution < 1.29 is 42.8 Å². The van der Waals surface area contributed by atoms with Gasteiger partial charge in [0.15, 0.2) is 6.10 Å². The van der Waals surface area contributed by atoms with Gasteiger partial charge in [-0.25, -0.2) is 9.59 Å². The summed E-state index contributed by atoms with van der Waals surface area (Å²) < 4.78 is 44.9. The van der Waals surface area contributed by atoms with Crippen molar-refractivity contribution in [3.05, 3.63) is 29.8 Å². The van der Waals surface area contributed by atoms with Gasteiger partial charge in [-0.3, -0.25) is 0 Å². The van der Waals surface area contributed by atoms with Crippen LogP contribution in [0.1, 0.15) is 81.5 Å². The van der Waals surface area contributed by atoms with E-state index in [-0.39, 0.29) is 11.3 Å². The van der Waals surface area contributed by atoms with Gasteiger partial charge in [-0.2, -0.15) is 8.78 Å². The summed E-state index contributed by atoms with van der Waals surface area (Å²) >= 11 is 0. The number of hydrogen-bond donors (Lipinski definition) is 2. The van der Waals surface area contributed by atoms with Crippen molar-refractivity contribution >= 4 is 11.9 Å². The third-order valence-corrected chi connectivity index (χ3v) is 6.79. The highest BCUT2D eigenvalue weighted by Gasteiger charge is 2.53. The van der Waals surface area contributed by atoms with E-state index in [2.05, 4.69) is 0 Å². The standard InChI is InChI=1S/C24H32F2O7/c1-2-23(14-6-7-15-23)33-22(30)31-18-12-10-17(11-13-18)20(27)32-19(24(25,26)21(28)29)16-8-4-3-5-9-16/h10-13,16,19,22,30H,2-9,14-15H2,1H3,(H,28,29). The Hall–Kier alpha value is -2.26. The summed E-state index contributed by atoms with van der Waals surface area (Å²) in [6.45, 7) is 0.512. The minimum Gasteiger partial charge on any atom is -0.477 e. The number of aliphatic carboxylic acids is 1. The molecule has 0 heterocycles. The smallest absolute Gasteiger partial charge is 0.378 e. The number of carbonyl (C=O) groups excluding carboxylic acids is 1. The number of carbonyl (C=O) groups is 2. The molecule has 2 saturated carbocycles. The maximum absolute atomic E-state index is 14.4. The molecule has 2 atom stereocenters. The Morgan fingerprint density at radius 1 is 1.09 bits per heavy atom. The van der Waals surface area contributed by atoms with Gasteiger partial charge >= 0.3 is 24.3 Å². The lowest BCUT2D eigenvalue weighted by atomic mass is 9.83. The first-order valence-electron chi connectivity index (χ1n) is 11.6. The lowest BCUT2D eigenvalue weighted by Gasteiger charge is -2.33. The largest absolute Gasteiger partial charge is 0.477 e. The van der Waals surface area contributed by atoms with Crippen LogP contribution in [-0.4, -0.2) is 46.3 Å². The number of alkyl halides is 2. The van der Waals surface area contributed by atoms with Crippen molar-refractivity contribution in [3.8, 4) is 5.75 Å². The molecule has 184 valence electrons. The Bertz CT molecular complexity index is 800. The Labute approximate surface area is 192 Å². The van der Waals surface area contributed by atoms with E-state index in [9.17, 15) is 23.5 Å². The molecule has 0 bridgehead atoms. The van der Waals surface area contributed by atoms with E-state index < -0.39 is 42.0 Å². The molecule has 9 heteroatoms. The number of esters is 1. The summed E-state index contributed by atoms with van der Waals surface area (Å²) in [5.74, 6) is -8.02. The molecular formula is C24H32F2O7. The molecule has 0 saturated heterocycles. The van der Waals surface area contributed by atoms with Gasteiger partial charge in [-0.05, 0) is 56.4 Å². The topological polar surface area (TPSA) is 102 Å². The van der Waals surface area contributed by atoms with E-state index in [0.29, 0.717) is 25.7 Å². The summed E-state index contributed by atoms with van der Waals surface area (Å²) in [7, 11) is 0. The van der Waals surface area contributed by atoms with E-state index in [1.807, 2.05) is 6.92 Å². The van der Waals surface area contributed by atoms with Crippen molar-refractivity contribution in [1.82, 2.24) is 0 Å². The number of aliphatic hydroxyl groups is 1. The van der Waals surface area contributed by atoms with Crippen molar-refractivity contribution in [2.75, 3.05) is 0 Å².